The van der Waals surface area contributed by atoms with Crippen LogP contribution in [0.15, 0.2) is 12.7 Å². The second kappa shape index (κ2) is 8.42. The molecule has 0 unspecified atom stereocenters. The van der Waals surface area contributed by atoms with Gasteiger partial charge in [-0.05, 0) is 32.1 Å². The first kappa shape index (κ1) is 13.3. The maximum Gasteiger partial charge on any atom is 0.0692 e. The molecule has 0 amide bonds. The first-order valence-electron chi connectivity index (χ1n) is 6.72. The molecule has 0 aromatic heterocycles. The predicted molar refractivity (Wildman–Crippen MR) is 71.3 cm³/mol. The molecule has 0 spiro atoms. The minimum Gasteiger partial charge on any atom is -0.301 e. The van der Waals surface area contributed by atoms with E-state index in [0.29, 0.717) is 12.1 Å². The van der Waals surface area contributed by atoms with E-state index >= 15 is 0 Å². The van der Waals surface area contributed by atoms with Crippen molar-refractivity contribution in [3.05, 3.63) is 12.7 Å². The maximum absolute atomic E-state index is 3.76. The zero-order chi connectivity index (χ0) is 11.6. The fourth-order valence-electron chi connectivity index (χ4n) is 2.14. The van der Waals surface area contributed by atoms with Crippen LogP contribution in [0.2, 0.25) is 0 Å². The van der Waals surface area contributed by atoms with Crippen LogP contribution in [-0.4, -0.2) is 12.1 Å². The average Bonchev–Trinajstić information content (AvgIpc) is 2.74. The number of unbranched alkanes of at least 4 members (excludes halogenated alkanes) is 3. The van der Waals surface area contributed by atoms with Gasteiger partial charge >= 0.3 is 0 Å². The highest BCUT2D eigenvalue weighted by Gasteiger charge is 2.20. The first-order valence-corrected chi connectivity index (χ1v) is 6.72. The van der Waals surface area contributed by atoms with Crippen LogP contribution in [0.25, 0.3) is 0 Å². The van der Waals surface area contributed by atoms with Crippen molar-refractivity contribution in [2.45, 2.75) is 70.4 Å². The van der Waals surface area contributed by atoms with Gasteiger partial charge in [-0.2, -0.15) is 0 Å². The molecular formula is C15H25N. The van der Waals surface area contributed by atoms with Crippen LogP contribution in [0.4, 0.5) is 0 Å². The SMILES string of the molecule is C=CCC[C@H]1CC[C@H](C#CCCCCC)N1. The second-order valence-corrected chi connectivity index (χ2v) is 4.64. The standard InChI is InChI=1S/C15H25N/c1-3-5-7-8-9-11-15-13-12-14(16-15)10-6-4-2/h4,14-16H,2-3,5-8,10,12-13H2,1H3/t14-,15-/m0/s1. The molecule has 16 heavy (non-hydrogen) atoms. The van der Waals surface area contributed by atoms with Crippen molar-refractivity contribution < 1.29 is 0 Å². The van der Waals surface area contributed by atoms with E-state index < -0.39 is 0 Å². The van der Waals surface area contributed by atoms with E-state index in [1.165, 1.54) is 38.5 Å². The third kappa shape index (κ3) is 5.37. The Labute approximate surface area is 101 Å². The van der Waals surface area contributed by atoms with Crippen LogP contribution >= 0.6 is 0 Å². The van der Waals surface area contributed by atoms with E-state index in [0.717, 1.165) is 12.8 Å². The normalized spacial score (nSPS) is 23.8. The summed E-state index contributed by atoms with van der Waals surface area (Å²) in [6, 6.07) is 1.13. The lowest BCUT2D eigenvalue weighted by Crippen LogP contribution is -2.27. The van der Waals surface area contributed by atoms with Gasteiger partial charge in [0.15, 0.2) is 0 Å². The monoisotopic (exact) mass is 219 g/mol. The number of nitrogens with one attached hydrogen (secondary N) is 1. The van der Waals surface area contributed by atoms with Crippen molar-refractivity contribution >= 4 is 0 Å². The summed E-state index contributed by atoms with van der Waals surface area (Å²) in [5, 5.41) is 3.60. The Kier molecular flexibility index (Phi) is 7.01. The van der Waals surface area contributed by atoms with Gasteiger partial charge in [0.2, 0.25) is 0 Å². The maximum atomic E-state index is 3.76. The molecule has 1 heteroatoms. The molecule has 90 valence electrons. The van der Waals surface area contributed by atoms with Gasteiger partial charge in [0.05, 0.1) is 6.04 Å². The van der Waals surface area contributed by atoms with E-state index in [1.54, 1.807) is 0 Å². The van der Waals surface area contributed by atoms with Gasteiger partial charge in [-0.3, -0.25) is 0 Å². The van der Waals surface area contributed by atoms with Crippen LogP contribution < -0.4 is 5.32 Å². The third-order valence-corrected chi connectivity index (χ3v) is 3.14. The summed E-state index contributed by atoms with van der Waals surface area (Å²) >= 11 is 0. The number of hydrogen-bond donors (Lipinski definition) is 1. The Bertz CT molecular complexity index is 246. The highest BCUT2D eigenvalue weighted by molar-refractivity contribution is 5.10. The predicted octanol–water partition coefficient (Wildman–Crippen LogP) is 3.66. The first-order chi connectivity index (χ1) is 7.86. The molecule has 1 rings (SSSR count). The molecular weight excluding hydrogens is 194 g/mol. The molecule has 0 aromatic rings. The fraction of sp³-hybridized carbons (Fsp3) is 0.733. The topological polar surface area (TPSA) is 12.0 Å². The molecule has 1 nitrogen and oxygen atoms in total. The van der Waals surface area contributed by atoms with Crippen LogP contribution in [0.1, 0.15) is 58.3 Å². The second-order valence-electron chi connectivity index (χ2n) is 4.64. The van der Waals surface area contributed by atoms with E-state index in [4.69, 9.17) is 0 Å². The molecule has 0 radical (unpaired) electrons. The van der Waals surface area contributed by atoms with E-state index in [1.807, 2.05) is 6.08 Å². The minimum absolute atomic E-state index is 0.455. The van der Waals surface area contributed by atoms with Crippen LogP contribution in [-0.2, 0) is 0 Å². The number of hydrogen-bond acceptors (Lipinski definition) is 1. The van der Waals surface area contributed by atoms with E-state index in [2.05, 4.69) is 30.7 Å². The zero-order valence-electron chi connectivity index (χ0n) is 10.6. The van der Waals surface area contributed by atoms with Crippen molar-refractivity contribution in [1.82, 2.24) is 5.32 Å². The van der Waals surface area contributed by atoms with Crippen molar-refractivity contribution in [3.8, 4) is 11.8 Å². The molecule has 1 fully saturated rings. The summed E-state index contributed by atoms with van der Waals surface area (Å²) in [6.45, 7) is 6.00. The summed E-state index contributed by atoms with van der Waals surface area (Å²) in [6.07, 6.45) is 11.8. The molecule has 0 bridgehead atoms. The smallest absolute Gasteiger partial charge is 0.0692 e. The van der Waals surface area contributed by atoms with Gasteiger partial charge in [-0.1, -0.05) is 31.8 Å². The molecule has 0 aliphatic carbocycles. The lowest BCUT2D eigenvalue weighted by atomic mass is 10.1. The van der Waals surface area contributed by atoms with Gasteiger partial charge < -0.3 is 5.32 Å². The van der Waals surface area contributed by atoms with E-state index in [9.17, 15) is 0 Å². The summed E-state index contributed by atoms with van der Waals surface area (Å²) in [7, 11) is 0. The molecule has 1 heterocycles. The Morgan fingerprint density at radius 1 is 1.38 bits per heavy atom. The van der Waals surface area contributed by atoms with Gasteiger partial charge in [0.1, 0.15) is 0 Å². The molecule has 1 N–H and O–H groups in total. The summed E-state index contributed by atoms with van der Waals surface area (Å²) in [4.78, 5) is 0. The quantitative estimate of drug-likeness (QED) is 0.408. The van der Waals surface area contributed by atoms with Gasteiger partial charge in [0, 0.05) is 12.5 Å². The zero-order valence-corrected chi connectivity index (χ0v) is 10.6. The third-order valence-electron chi connectivity index (χ3n) is 3.14. The Balaban J connectivity index is 2.12. The van der Waals surface area contributed by atoms with Crippen molar-refractivity contribution in [3.63, 3.8) is 0 Å². The Morgan fingerprint density at radius 3 is 3.00 bits per heavy atom. The van der Waals surface area contributed by atoms with Gasteiger partial charge in [-0.15, -0.1) is 12.5 Å². The molecule has 1 aliphatic rings. The summed E-state index contributed by atoms with van der Waals surface area (Å²) < 4.78 is 0. The van der Waals surface area contributed by atoms with Crippen LogP contribution in [0.5, 0.6) is 0 Å². The number of rotatable bonds is 6. The molecule has 2 atom stereocenters. The van der Waals surface area contributed by atoms with Crippen LogP contribution in [0.3, 0.4) is 0 Å². The molecule has 1 aliphatic heterocycles. The van der Waals surface area contributed by atoms with Gasteiger partial charge in [-0.25, -0.2) is 0 Å². The Hall–Kier alpha value is -0.740. The highest BCUT2D eigenvalue weighted by Crippen LogP contribution is 2.16. The van der Waals surface area contributed by atoms with Crippen molar-refractivity contribution in [2.24, 2.45) is 0 Å². The molecule has 0 saturated carbocycles. The molecule has 1 saturated heterocycles. The van der Waals surface area contributed by atoms with Crippen molar-refractivity contribution in [1.29, 1.82) is 0 Å². The highest BCUT2D eigenvalue weighted by atomic mass is 15.0. The lowest BCUT2D eigenvalue weighted by molar-refractivity contribution is 0.549. The van der Waals surface area contributed by atoms with Crippen LogP contribution in [0, 0.1) is 11.8 Å². The van der Waals surface area contributed by atoms with Gasteiger partial charge in [0.25, 0.3) is 0 Å². The summed E-state index contributed by atoms with van der Waals surface area (Å²) in [5.74, 6) is 6.67. The lowest BCUT2D eigenvalue weighted by Gasteiger charge is -2.08. The minimum atomic E-state index is 0.455. The fourth-order valence-corrected chi connectivity index (χ4v) is 2.14. The molecule has 0 aromatic carbocycles. The van der Waals surface area contributed by atoms with E-state index in [-0.39, 0.29) is 0 Å². The average molecular weight is 219 g/mol. The largest absolute Gasteiger partial charge is 0.301 e. The summed E-state index contributed by atoms with van der Waals surface area (Å²) in [5.41, 5.74) is 0. The van der Waals surface area contributed by atoms with Crippen molar-refractivity contribution in [2.75, 3.05) is 0 Å². The Morgan fingerprint density at radius 2 is 2.25 bits per heavy atom. The number of allylic oxidation sites excluding steroid dienone is 1.